The van der Waals surface area contributed by atoms with E-state index in [1.54, 1.807) is 12.4 Å². The smallest absolute Gasteiger partial charge is 0.254 e. The van der Waals surface area contributed by atoms with Crippen LogP contribution in [-0.2, 0) is 4.74 Å². The molecule has 1 aliphatic heterocycles. The molecule has 1 N–H and O–H groups in total. The second kappa shape index (κ2) is 6.95. The summed E-state index contributed by atoms with van der Waals surface area (Å²) in [7, 11) is 0. The van der Waals surface area contributed by atoms with E-state index in [0.29, 0.717) is 18.0 Å². The first-order chi connectivity index (χ1) is 10.3. The maximum atomic E-state index is 12.0. The molecule has 6 nitrogen and oxygen atoms in total. The Balaban J connectivity index is 1.37. The third kappa shape index (κ3) is 4.22. The minimum absolute atomic E-state index is 0.0840. The van der Waals surface area contributed by atoms with E-state index in [-0.39, 0.29) is 5.91 Å². The van der Waals surface area contributed by atoms with Crippen LogP contribution in [0.25, 0.3) is 0 Å². The topological polar surface area (TPSA) is 67.4 Å². The van der Waals surface area contributed by atoms with Gasteiger partial charge in [-0.3, -0.25) is 9.69 Å². The number of carbonyl (C=O) groups is 1. The summed E-state index contributed by atoms with van der Waals surface area (Å²) in [5.41, 5.74) is 0.547. The van der Waals surface area contributed by atoms with E-state index in [1.807, 2.05) is 0 Å². The molecular weight excluding hydrogens is 268 g/mol. The maximum absolute atomic E-state index is 12.0. The van der Waals surface area contributed by atoms with Crippen LogP contribution in [-0.4, -0.2) is 60.2 Å². The van der Waals surface area contributed by atoms with Crippen LogP contribution in [0.3, 0.4) is 0 Å². The molecule has 2 heterocycles. The summed E-state index contributed by atoms with van der Waals surface area (Å²) < 4.78 is 5.31. The predicted molar refractivity (Wildman–Crippen MR) is 78.2 cm³/mol. The SMILES string of the molecule is O=C(NCCCN1CCOCC1)c1cnc(C2CC2)nc1. The van der Waals surface area contributed by atoms with E-state index in [1.165, 1.54) is 12.8 Å². The summed E-state index contributed by atoms with van der Waals surface area (Å²) in [6.45, 7) is 5.30. The normalized spacial score (nSPS) is 19.4. The summed E-state index contributed by atoms with van der Waals surface area (Å²) in [5.74, 6) is 1.31. The van der Waals surface area contributed by atoms with Crippen molar-refractivity contribution in [3.63, 3.8) is 0 Å². The molecule has 0 unspecified atom stereocenters. The van der Waals surface area contributed by atoms with Crippen molar-refractivity contribution in [2.75, 3.05) is 39.4 Å². The Morgan fingerprint density at radius 1 is 1.29 bits per heavy atom. The van der Waals surface area contributed by atoms with Crippen molar-refractivity contribution in [3.8, 4) is 0 Å². The summed E-state index contributed by atoms with van der Waals surface area (Å²) in [4.78, 5) is 22.9. The van der Waals surface area contributed by atoms with Gasteiger partial charge in [-0.2, -0.15) is 0 Å². The van der Waals surface area contributed by atoms with Gasteiger partial charge in [0, 0.05) is 37.9 Å². The molecule has 21 heavy (non-hydrogen) atoms. The van der Waals surface area contributed by atoms with Crippen molar-refractivity contribution >= 4 is 5.91 Å². The van der Waals surface area contributed by atoms with E-state index in [2.05, 4.69) is 20.2 Å². The maximum Gasteiger partial charge on any atom is 0.254 e. The van der Waals surface area contributed by atoms with Crippen molar-refractivity contribution in [3.05, 3.63) is 23.8 Å². The average Bonchev–Trinajstić information content (AvgIpc) is 3.37. The number of ether oxygens (including phenoxy) is 1. The fourth-order valence-corrected chi connectivity index (χ4v) is 2.44. The van der Waals surface area contributed by atoms with Crippen LogP contribution in [0.5, 0.6) is 0 Å². The average molecular weight is 290 g/mol. The first kappa shape index (κ1) is 14.4. The Hall–Kier alpha value is -1.53. The van der Waals surface area contributed by atoms with E-state index in [9.17, 15) is 4.79 Å². The van der Waals surface area contributed by atoms with Crippen LogP contribution < -0.4 is 5.32 Å². The van der Waals surface area contributed by atoms with Gasteiger partial charge in [0.15, 0.2) is 0 Å². The number of nitrogens with zero attached hydrogens (tertiary/aromatic N) is 3. The zero-order chi connectivity index (χ0) is 14.5. The molecule has 1 aromatic heterocycles. The van der Waals surface area contributed by atoms with Gasteiger partial charge in [-0.25, -0.2) is 9.97 Å². The van der Waals surface area contributed by atoms with Crippen molar-refractivity contribution in [2.24, 2.45) is 0 Å². The summed E-state index contributed by atoms with van der Waals surface area (Å²) in [5, 5.41) is 2.93. The second-order valence-corrected chi connectivity index (χ2v) is 5.67. The number of aromatic nitrogens is 2. The van der Waals surface area contributed by atoms with Crippen LogP contribution in [0.1, 0.15) is 41.4 Å². The van der Waals surface area contributed by atoms with Crippen LogP contribution >= 0.6 is 0 Å². The predicted octanol–water partition coefficient (Wildman–Crippen LogP) is 0.806. The van der Waals surface area contributed by atoms with Crippen molar-refractivity contribution in [2.45, 2.75) is 25.2 Å². The number of morpholine rings is 1. The summed E-state index contributed by atoms with van der Waals surface area (Å²) >= 11 is 0. The lowest BCUT2D eigenvalue weighted by molar-refractivity contribution is 0.0374. The standard InChI is InChI=1S/C15H22N4O2/c20-15(13-10-17-14(18-11-13)12-2-3-12)16-4-1-5-19-6-8-21-9-7-19/h10-12H,1-9H2,(H,16,20). The van der Waals surface area contributed by atoms with Crippen molar-refractivity contribution < 1.29 is 9.53 Å². The number of hydrogen-bond acceptors (Lipinski definition) is 5. The van der Waals surface area contributed by atoms with E-state index < -0.39 is 0 Å². The minimum atomic E-state index is -0.0840. The van der Waals surface area contributed by atoms with Crippen LogP contribution in [0.15, 0.2) is 12.4 Å². The molecule has 6 heteroatoms. The van der Waals surface area contributed by atoms with Gasteiger partial charge in [0.25, 0.3) is 5.91 Å². The van der Waals surface area contributed by atoms with E-state index in [0.717, 1.165) is 45.1 Å². The molecule has 1 aliphatic carbocycles. The van der Waals surface area contributed by atoms with Crippen LogP contribution in [0, 0.1) is 0 Å². The number of rotatable bonds is 6. The fraction of sp³-hybridized carbons (Fsp3) is 0.667. The highest BCUT2D eigenvalue weighted by Crippen LogP contribution is 2.37. The highest BCUT2D eigenvalue weighted by Gasteiger charge is 2.26. The van der Waals surface area contributed by atoms with Crippen molar-refractivity contribution in [1.82, 2.24) is 20.2 Å². The molecule has 0 radical (unpaired) electrons. The Morgan fingerprint density at radius 3 is 2.67 bits per heavy atom. The van der Waals surface area contributed by atoms with Gasteiger partial charge in [-0.15, -0.1) is 0 Å². The van der Waals surface area contributed by atoms with Crippen molar-refractivity contribution in [1.29, 1.82) is 0 Å². The van der Waals surface area contributed by atoms with Gasteiger partial charge < -0.3 is 10.1 Å². The first-order valence-corrected chi connectivity index (χ1v) is 7.73. The van der Waals surface area contributed by atoms with Crippen LogP contribution in [0.2, 0.25) is 0 Å². The Kier molecular flexibility index (Phi) is 4.77. The van der Waals surface area contributed by atoms with Crippen LogP contribution in [0.4, 0.5) is 0 Å². The molecule has 2 fully saturated rings. The summed E-state index contributed by atoms with van der Waals surface area (Å²) in [6, 6.07) is 0. The molecule has 0 aromatic carbocycles. The molecule has 3 rings (SSSR count). The number of amides is 1. The third-order valence-corrected chi connectivity index (χ3v) is 3.92. The molecule has 1 aromatic rings. The Bertz CT molecular complexity index is 467. The molecule has 0 spiro atoms. The van der Waals surface area contributed by atoms with Gasteiger partial charge in [0.05, 0.1) is 18.8 Å². The Labute approximate surface area is 124 Å². The zero-order valence-corrected chi connectivity index (χ0v) is 12.3. The molecule has 2 aliphatic rings. The third-order valence-electron chi connectivity index (χ3n) is 3.92. The van der Waals surface area contributed by atoms with Gasteiger partial charge in [0.1, 0.15) is 5.82 Å². The minimum Gasteiger partial charge on any atom is -0.379 e. The quantitative estimate of drug-likeness (QED) is 0.785. The molecular formula is C15H22N4O2. The van der Waals surface area contributed by atoms with Gasteiger partial charge >= 0.3 is 0 Å². The fourth-order valence-electron chi connectivity index (χ4n) is 2.44. The first-order valence-electron chi connectivity index (χ1n) is 7.73. The number of carbonyl (C=O) groups excluding carboxylic acids is 1. The molecule has 0 atom stereocenters. The zero-order valence-electron chi connectivity index (χ0n) is 12.3. The van der Waals surface area contributed by atoms with Gasteiger partial charge in [-0.05, 0) is 25.8 Å². The molecule has 114 valence electrons. The Morgan fingerprint density at radius 2 is 2.00 bits per heavy atom. The van der Waals surface area contributed by atoms with E-state index >= 15 is 0 Å². The molecule has 1 saturated carbocycles. The molecule has 0 bridgehead atoms. The second-order valence-electron chi connectivity index (χ2n) is 5.67. The monoisotopic (exact) mass is 290 g/mol. The van der Waals surface area contributed by atoms with Gasteiger partial charge in [0.2, 0.25) is 0 Å². The highest BCUT2D eigenvalue weighted by molar-refractivity contribution is 5.93. The largest absolute Gasteiger partial charge is 0.379 e. The molecule has 1 saturated heterocycles. The molecule has 1 amide bonds. The summed E-state index contributed by atoms with van der Waals surface area (Å²) in [6.07, 6.45) is 6.57. The number of hydrogen-bond donors (Lipinski definition) is 1. The lowest BCUT2D eigenvalue weighted by Crippen LogP contribution is -2.38. The lowest BCUT2D eigenvalue weighted by atomic mass is 10.3. The highest BCUT2D eigenvalue weighted by atomic mass is 16.5. The number of nitrogens with one attached hydrogen (secondary N) is 1. The van der Waals surface area contributed by atoms with Gasteiger partial charge in [-0.1, -0.05) is 0 Å². The lowest BCUT2D eigenvalue weighted by Gasteiger charge is -2.26. The van der Waals surface area contributed by atoms with E-state index in [4.69, 9.17) is 4.74 Å².